The number of hydrogen-bond acceptors (Lipinski definition) is 4. The van der Waals surface area contributed by atoms with Crippen LogP contribution in [0.5, 0.6) is 0 Å². The number of thiazole rings is 1. The third-order valence-electron chi connectivity index (χ3n) is 2.88. The molecule has 0 radical (unpaired) electrons. The van der Waals surface area contributed by atoms with Crippen LogP contribution < -0.4 is 5.32 Å². The summed E-state index contributed by atoms with van der Waals surface area (Å²) in [5, 5.41) is 4.24. The molecule has 0 amide bonds. The first-order valence-electron chi connectivity index (χ1n) is 6.49. The molecule has 4 heteroatoms. The SMILES string of the molecule is CNCc1sc(-c2cc(C)ccn2)nc1C(C)(C)C. The van der Waals surface area contributed by atoms with Gasteiger partial charge >= 0.3 is 0 Å². The first kappa shape index (κ1) is 14.2. The van der Waals surface area contributed by atoms with Crippen molar-refractivity contribution in [2.45, 2.75) is 39.7 Å². The van der Waals surface area contributed by atoms with Gasteiger partial charge < -0.3 is 5.32 Å². The highest BCUT2D eigenvalue weighted by Crippen LogP contribution is 2.33. The van der Waals surface area contributed by atoms with Gasteiger partial charge in [-0.3, -0.25) is 4.98 Å². The van der Waals surface area contributed by atoms with Gasteiger partial charge in [-0.15, -0.1) is 11.3 Å². The smallest absolute Gasteiger partial charge is 0.142 e. The molecule has 0 atom stereocenters. The van der Waals surface area contributed by atoms with Gasteiger partial charge in [0.1, 0.15) is 5.01 Å². The summed E-state index contributed by atoms with van der Waals surface area (Å²) in [6.45, 7) is 9.55. The van der Waals surface area contributed by atoms with E-state index in [1.807, 2.05) is 19.3 Å². The van der Waals surface area contributed by atoms with Crippen molar-refractivity contribution in [3.63, 3.8) is 0 Å². The van der Waals surface area contributed by atoms with Crippen molar-refractivity contribution in [3.05, 3.63) is 34.5 Å². The molecule has 0 aliphatic carbocycles. The predicted molar refractivity (Wildman–Crippen MR) is 81.5 cm³/mol. The predicted octanol–water partition coefficient (Wildman–Crippen LogP) is 3.53. The van der Waals surface area contributed by atoms with E-state index in [0.717, 1.165) is 17.2 Å². The van der Waals surface area contributed by atoms with Crippen molar-refractivity contribution in [1.29, 1.82) is 0 Å². The second-order valence-electron chi connectivity index (χ2n) is 5.79. The maximum atomic E-state index is 4.83. The van der Waals surface area contributed by atoms with E-state index >= 15 is 0 Å². The molecule has 2 aromatic heterocycles. The summed E-state index contributed by atoms with van der Waals surface area (Å²) in [5.41, 5.74) is 3.42. The molecule has 102 valence electrons. The van der Waals surface area contributed by atoms with Crippen LogP contribution in [0.3, 0.4) is 0 Å². The quantitative estimate of drug-likeness (QED) is 0.931. The number of aromatic nitrogens is 2. The maximum absolute atomic E-state index is 4.83. The van der Waals surface area contributed by atoms with E-state index < -0.39 is 0 Å². The first-order valence-corrected chi connectivity index (χ1v) is 7.31. The van der Waals surface area contributed by atoms with Crippen LogP contribution in [0.15, 0.2) is 18.3 Å². The molecular formula is C15H21N3S. The van der Waals surface area contributed by atoms with E-state index in [1.54, 1.807) is 11.3 Å². The van der Waals surface area contributed by atoms with E-state index in [4.69, 9.17) is 4.98 Å². The molecule has 0 spiro atoms. The second-order valence-corrected chi connectivity index (χ2v) is 6.87. The number of pyridine rings is 1. The molecule has 0 aliphatic rings. The lowest BCUT2D eigenvalue weighted by atomic mass is 9.91. The zero-order valence-electron chi connectivity index (χ0n) is 12.2. The number of nitrogens with zero attached hydrogens (tertiary/aromatic N) is 2. The summed E-state index contributed by atoms with van der Waals surface area (Å²) < 4.78 is 0. The van der Waals surface area contributed by atoms with E-state index in [2.05, 4.69) is 44.1 Å². The van der Waals surface area contributed by atoms with Gasteiger partial charge in [-0.05, 0) is 31.7 Å². The number of nitrogens with one attached hydrogen (secondary N) is 1. The third-order valence-corrected chi connectivity index (χ3v) is 3.96. The molecule has 3 nitrogen and oxygen atoms in total. The van der Waals surface area contributed by atoms with Crippen molar-refractivity contribution >= 4 is 11.3 Å². The van der Waals surface area contributed by atoms with Gasteiger partial charge in [-0.25, -0.2) is 4.98 Å². The Morgan fingerprint density at radius 3 is 2.63 bits per heavy atom. The van der Waals surface area contributed by atoms with Gasteiger partial charge in [-0.1, -0.05) is 20.8 Å². The summed E-state index contributed by atoms with van der Waals surface area (Å²) in [4.78, 5) is 10.6. The molecule has 0 aliphatic heterocycles. The minimum Gasteiger partial charge on any atom is -0.315 e. The molecule has 0 unspecified atom stereocenters. The Balaban J connectivity index is 2.48. The summed E-state index contributed by atoms with van der Waals surface area (Å²) in [6, 6.07) is 4.10. The van der Waals surface area contributed by atoms with Gasteiger partial charge in [-0.2, -0.15) is 0 Å². The Morgan fingerprint density at radius 1 is 1.32 bits per heavy atom. The van der Waals surface area contributed by atoms with Gasteiger partial charge in [0.05, 0.1) is 11.4 Å². The average Bonchev–Trinajstić information content (AvgIpc) is 2.73. The fraction of sp³-hybridized carbons (Fsp3) is 0.467. The Hall–Kier alpha value is -1.26. The molecule has 0 aromatic carbocycles. The molecule has 19 heavy (non-hydrogen) atoms. The van der Waals surface area contributed by atoms with E-state index in [0.29, 0.717) is 0 Å². The van der Waals surface area contributed by atoms with Crippen molar-refractivity contribution in [3.8, 4) is 10.7 Å². The largest absolute Gasteiger partial charge is 0.315 e. The average molecular weight is 275 g/mol. The molecule has 2 heterocycles. The van der Waals surface area contributed by atoms with Gasteiger partial charge in [0.25, 0.3) is 0 Å². The summed E-state index contributed by atoms with van der Waals surface area (Å²) >= 11 is 1.74. The molecule has 0 bridgehead atoms. The Morgan fingerprint density at radius 2 is 2.05 bits per heavy atom. The van der Waals surface area contributed by atoms with Crippen LogP contribution in [0.25, 0.3) is 10.7 Å². The van der Waals surface area contributed by atoms with E-state index in [9.17, 15) is 0 Å². The lowest BCUT2D eigenvalue weighted by Crippen LogP contribution is -2.16. The van der Waals surface area contributed by atoms with Crippen LogP contribution in [0, 0.1) is 6.92 Å². The Kier molecular flexibility index (Phi) is 4.02. The van der Waals surface area contributed by atoms with Crippen LogP contribution in [0.2, 0.25) is 0 Å². The van der Waals surface area contributed by atoms with Crippen molar-refractivity contribution in [2.75, 3.05) is 7.05 Å². The highest BCUT2D eigenvalue weighted by Gasteiger charge is 2.23. The first-order chi connectivity index (χ1) is 8.91. The summed E-state index contributed by atoms with van der Waals surface area (Å²) in [7, 11) is 1.97. The van der Waals surface area contributed by atoms with Crippen molar-refractivity contribution in [2.24, 2.45) is 0 Å². The highest BCUT2D eigenvalue weighted by atomic mass is 32.1. The standard InChI is InChI=1S/C15H21N3S/c1-10-6-7-17-11(8-10)14-18-13(15(2,3)4)12(19-14)9-16-5/h6-8,16H,9H2,1-5H3. The van der Waals surface area contributed by atoms with E-state index in [1.165, 1.54) is 16.1 Å². The van der Waals surface area contributed by atoms with Crippen LogP contribution >= 0.6 is 11.3 Å². The third kappa shape index (κ3) is 3.19. The molecule has 2 aromatic rings. The fourth-order valence-electron chi connectivity index (χ4n) is 1.98. The maximum Gasteiger partial charge on any atom is 0.142 e. The second kappa shape index (κ2) is 5.39. The Labute approximate surface area is 119 Å². The van der Waals surface area contributed by atoms with Crippen LogP contribution in [-0.2, 0) is 12.0 Å². The zero-order chi connectivity index (χ0) is 14.0. The highest BCUT2D eigenvalue weighted by molar-refractivity contribution is 7.15. The number of rotatable bonds is 3. The van der Waals surface area contributed by atoms with Crippen LogP contribution in [0.4, 0.5) is 0 Å². The molecule has 0 saturated heterocycles. The molecule has 0 saturated carbocycles. The van der Waals surface area contributed by atoms with E-state index in [-0.39, 0.29) is 5.41 Å². The summed E-state index contributed by atoms with van der Waals surface area (Å²) in [5.74, 6) is 0. The lowest BCUT2D eigenvalue weighted by Gasteiger charge is -2.17. The molecular weight excluding hydrogens is 254 g/mol. The lowest BCUT2D eigenvalue weighted by molar-refractivity contribution is 0.563. The number of hydrogen-bond donors (Lipinski definition) is 1. The monoisotopic (exact) mass is 275 g/mol. The topological polar surface area (TPSA) is 37.8 Å². The van der Waals surface area contributed by atoms with Crippen LogP contribution in [0.1, 0.15) is 36.9 Å². The number of aryl methyl sites for hydroxylation is 1. The Bertz CT molecular complexity index is 567. The van der Waals surface area contributed by atoms with Gasteiger partial charge in [0.2, 0.25) is 0 Å². The minimum atomic E-state index is 0.0603. The zero-order valence-corrected chi connectivity index (χ0v) is 13.1. The normalized spacial score (nSPS) is 11.8. The minimum absolute atomic E-state index is 0.0603. The van der Waals surface area contributed by atoms with Gasteiger partial charge in [0, 0.05) is 23.0 Å². The van der Waals surface area contributed by atoms with Crippen molar-refractivity contribution in [1.82, 2.24) is 15.3 Å². The van der Waals surface area contributed by atoms with Crippen molar-refractivity contribution < 1.29 is 0 Å². The molecule has 1 N–H and O–H groups in total. The molecule has 0 fully saturated rings. The van der Waals surface area contributed by atoms with Gasteiger partial charge in [0.15, 0.2) is 0 Å². The summed E-state index contributed by atoms with van der Waals surface area (Å²) in [6.07, 6.45) is 1.85. The fourth-order valence-corrected chi connectivity index (χ4v) is 3.23. The van der Waals surface area contributed by atoms with Crippen LogP contribution in [-0.4, -0.2) is 17.0 Å². The molecule has 2 rings (SSSR count).